The van der Waals surface area contributed by atoms with Crippen LogP contribution in [-0.4, -0.2) is 24.7 Å². The maximum Gasteiger partial charge on any atom is 0.261 e. The van der Waals surface area contributed by atoms with Crippen molar-refractivity contribution in [3.8, 4) is 11.5 Å². The van der Waals surface area contributed by atoms with Gasteiger partial charge in [-0.15, -0.1) is 0 Å². The van der Waals surface area contributed by atoms with Crippen LogP contribution in [0, 0.1) is 0 Å². The molecule has 1 atom stereocenters. The molecular weight excluding hydrogens is 344 g/mol. The Morgan fingerprint density at radius 1 is 1.15 bits per heavy atom. The SMILES string of the molecule is COc1ccc(NC(=O)c2cn3c4c(cccc4c2=O)C[C@@H]3C)cc1OC. The molecule has 3 aromatic rings. The van der Waals surface area contributed by atoms with Gasteiger partial charge in [0.05, 0.1) is 19.7 Å². The first kappa shape index (κ1) is 17.1. The third-order valence-electron chi connectivity index (χ3n) is 5.01. The Hall–Kier alpha value is -3.28. The lowest BCUT2D eigenvalue weighted by Crippen LogP contribution is -2.23. The molecule has 0 unspecified atom stereocenters. The molecule has 1 aliphatic heterocycles. The van der Waals surface area contributed by atoms with Crippen LogP contribution in [0.1, 0.15) is 28.9 Å². The number of hydrogen-bond acceptors (Lipinski definition) is 4. The van der Waals surface area contributed by atoms with E-state index in [4.69, 9.17) is 9.47 Å². The minimum atomic E-state index is -0.442. The molecule has 0 bridgehead atoms. The van der Waals surface area contributed by atoms with Crippen LogP contribution < -0.4 is 20.2 Å². The maximum absolute atomic E-state index is 12.9. The molecular formula is C21H20N2O4. The van der Waals surface area contributed by atoms with Crippen molar-refractivity contribution in [1.82, 2.24) is 4.57 Å². The van der Waals surface area contributed by atoms with Crippen molar-refractivity contribution in [2.45, 2.75) is 19.4 Å². The van der Waals surface area contributed by atoms with Crippen LogP contribution in [0.3, 0.4) is 0 Å². The summed E-state index contributed by atoms with van der Waals surface area (Å²) >= 11 is 0. The topological polar surface area (TPSA) is 69.6 Å². The van der Waals surface area contributed by atoms with Gasteiger partial charge in [0.2, 0.25) is 5.43 Å². The van der Waals surface area contributed by atoms with Crippen LogP contribution in [0.15, 0.2) is 47.4 Å². The zero-order valence-electron chi connectivity index (χ0n) is 15.4. The average molecular weight is 364 g/mol. The number of amides is 1. The number of rotatable bonds is 4. The molecule has 1 N–H and O–H groups in total. The summed E-state index contributed by atoms with van der Waals surface area (Å²) in [5, 5.41) is 3.37. The van der Waals surface area contributed by atoms with Crippen LogP contribution in [0.5, 0.6) is 11.5 Å². The molecule has 2 aromatic carbocycles. The van der Waals surface area contributed by atoms with Crippen LogP contribution >= 0.6 is 0 Å². The lowest BCUT2D eigenvalue weighted by atomic mass is 10.1. The molecule has 1 aromatic heterocycles. The van der Waals surface area contributed by atoms with Gasteiger partial charge in [0.15, 0.2) is 11.5 Å². The summed E-state index contributed by atoms with van der Waals surface area (Å²) in [7, 11) is 3.07. The molecule has 0 saturated carbocycles. The number of carbonyl (C=O) groups is 1. The Morgan fingerprint density at radius 2 is 1.93 bits per heavy atom. The summed E-state index contributed by atoms with van der Waals surface area (Å²) in [6.07, 6.45) is 2.53. The highest BCUT2D eigenvalue weighted by Gasteiger charge is 2.24. The zero-order valence-corrected chi connectivity index (χ0v) is 15.4. The van der Waals surface area contributed by atoms with Gasteiger partial charge in [0.1, 0.15) is 5.56 Å². The largest absolute Gasteiger partial charge is 0.493 e. The summed E-state index contributed by atoms with van der Waals surface area (Å²) in [5.41, 5.74) is 2.47. The van der Waals surface area contributed by atoms with E-state index in [2.05, 4.69) is 12.2 Å². The zero-order chi connectivity index (χ0) is 19.1. The van der Waals surface area contributed by atoms with Gasteiger partial charge in [-0.2, -0.15) is 0 Å². The fourth-order valence-electron chi connectivity index (χ4n) is 3.69. The van der Waals surface area contributed by atoms with Gasteiger partial charge in [0, 0.05) is 29.4 Å². The average Bonchev–Trinajstić information content (AvgIpc) is 3.00. The number of ether oxygens (including phenoxy) is 2. The molecule has 2 heterocycles. The van der Waals surface area contributed by atoms with Crippen molar-refractivity contribution in [2.24, 2.45) is 0 Å². The Kier molecular flexibility index (Phi) is 4.11. The first-order chi connectivity index (χ1) is 13.0. The number of benzene rings is 2. The quantitative estimate of drug-likeness (QED) is 0.770. The van der Waals surface area contributed by atoms with Gasteiger partial charge in [-0.05, 0) is 37.1 Å². The second kappa shape index (κ2) is 6.46. The fourth-order valence-corrected chi connectivity index (χ4v) is 3.69. The molecule has 0 aliphatic carbocycles. The number of nitrogens with one attached hydrogen (secondary N) is 1. The number of anilines is 1. The standard InChI is InChI=1S/C21H20N2O4/c1-12-9-13-5-4-6-15-19(13)23(12)11-16(20(15)24)21(25)22-14-7-8-17(26-2)18(10-14)27-3/h4-8,10-12H,9H2,1-3H3,(H,22,25)/t12-/m0/s1. The predicted octanol–water partition coefficient (Wildman–Crippen LogP) is 3.39. The number of nitrogens with zero attached hydrogens (tertiary/aromatic N) is 1. The molecule has 0 radical (unpaired) electrons. The Morgan fingerprint density at radius 3 is 2.67 bits per heavy atom. The monoisotopic (exact) mass is 364 g/mol. The lowest BCUT2D eigenvalue weighted by Gasteiger charge is -2.13. The van der Waals surface area contributed by atoms with Crippen LogP contribution in [0.25, 0.3) is 10.9 Å². The van der Waals surface area contributed by atoms with E-state index in [1.807, 2.05) is 16.7 Å². The highest BCUT2D eigenvalue weighted by molar-refractivity contribution is 6.06. The number of methoxy groups -OCH3 is 2. The molecule has 138 valence electrons. The Bertz CT molecular complexity index is 1120. The van der Waals surface area contributed by atoms with E-state index in [9.17, 15) is 9.59 Å². The molecule has 1 aliphatic rings. The van der Waals surface area contributed by atoms with Crippen LogP contribution in [0.4, 0.5) is 5.69 Å². The van der Waals surface area contributed by atoms with Crippen molar-refractivity contribution < 1.29 is 14.3 Å². The highest BCUT2D eigenvalue weighted by Crippen LogP contribution is 2.32. The second-order valence-electron chi connectivity index (χ2n) is 6.67. The van der Waals surface area contributed by atoms with E-state index in [1.165, 1.54) is 7.11 Å². The van der Waals surface area contributed by atoms with Gasteiger partial charge in [-0.1, -0.05) is 12.1 Å². The van der Waals surface area contributed by atoms with E-state index in [0.29, 0.717) is 22.6 Å². The third kappa shape index (κ3) is 2.73. The normalized spacial score (nSPS) is 15.0. The maximum atomic E-state index is 12.9. The van der Waals surface area contributed by atoms with Crippen LogP contribution in [-0.2, 0) is 6.42 Å². The molecule has 27 heavy (non-hydrogen) atoms. The molecule has 6 nitrogen and oxygen atoms in total. The summed E-state index contributed by atoms with van der Waals surface area (Å²) in [6, 6.07) is 11.0. The number of para-hydroxylation sites is 1. The fraction of sp³-hybridized carbons (Fsp3) is 0.238. The van der Waals surface area contributed by atoms with Crippen molar-refractivity contribution in [2.75, 3.05) is 19.5 Å². The molecule has 0 saturated heterocycles. The summed E-state index contributed by atoms with van der Waals surface area (Å²) < 4.78 is 12.5. The number of carbonyl (C=O) groups excluding carboxylic acids is 1. The number of pyridine rings is 1. The molecule has 0 spiro atoms. The van der Waals surface area contributed by atoms with Gasteiger partial charge >= 0.3 is 0 Å². The van der Waals surface area contributed by atoms with Crippen molar-refractivity contribution in [1.29, 1.82) is 0 Å². The van der Waals surface area contributed by atoms with Gasteiger partial charge in [0.25, 0.3) is 5.91 Å². The lowest BCUT2D eigenvalue weighted by molar-refractivity contribution is 0.102. The first-order valence-electron chi connectivity index (χ1n) is 8.73. The highest BCUT2D eigenvalue weighted by atomic mass is 16.5. The van der Waals surface area contributed by atoms with Crippen molar-refractivity contribution in [3.63, 3.8) is 0 Å². The summed E-state index contributed by atoms with van der Waals surface area (Å²) in [4.78, 5) is 25.7. The summed E-state index contributed by atoms with van der Waals surface area (Å²) in [5.74, 6) is 0.626. The Labute approximate surface area is 156 Å². The van der Waals surface area contributed by atoms with Crippen molar-refractivity contribution >= 4 is 22.5 Å². The van der Waals surface area contributed by atoms with E-state index in [1.54, 1.807) is 37.6 Å². The summed E-state index contributed by atoms with van der Waals surface area (Å²) in [6.45, 7) is 2.08. The van der Waals surface area contributed by atoms with E-state index >= 15 is 0 Å². The molecule has 0 fully saturated rings. The minimum absolute atomic E-state index is 0.128. The first-order valence-corrected chi connectivity index (χ1v) is 8.73. The Balaban J connectivity index is 1.75. The molecule has 1 amide bonds. The van der Waals surface area contributed by atoms with Gasteiger partial charge in [-0.25, -0.2) is 0 Å². The second-order valence-corrected chi connectivity index (χ2v) is 6.67. The third-order valence-corrected chi connectivity index (χ3v) is 5.01. The predicted molar refractivity (Wildman–Crippen MR) is 104 cm³/mol. The van der Waals surface area contributed by atoms with E-state index < -0.39 is 5.91 Å². The van der Waals surface area contributed by atoms with Gasteiger partial charge in [-0.3, -0.25) is 9.59 Å². The molecule has 6 heteroatoms. The number of aromatic nitrogens is 1. The molecule has 4 rings (SSSR count). The van der Waals surface area contributed by atoms with E-state index in [0.717, 1.165) is 17.5 Å². The smallest absolute Gasteiger partial charge is 0.261 e. The van der Waals surface area contributed by atoms with Gasteiger partial charge < -0.3 is 19.4 Å². The minimum Gasteiger partial charge on any atom is -0.493 e. The van der Waals surface area contributed by atoms with Crippen molar-refractivity contribution in [3.05, 3.63) is 63.9 Å². The van der Waals surface area contributed by atoms with Crippen LogP contribution in [0.2, 0.25) is 0 Å². The number of hydrogen-bond donors (Lipinski definition) is 1. The van der Waals surface area contributed by atoms with E-state index in [-0.39, 0.29) is 17.0 Å².